The SMILES string of the molecule is Clc1ccc2c(c1)c1ccccc1c1c3ccc(N(c4ccccc4-c4ccccc4)c4cccc5c4oc4ccccc45)cc3sc21. The van der Waals surface area contributed by atoms with E-state index >= 15 is 0 Å². The molecule has 2 nitrogen and oxygen atoms in total. The van der Waals surface area contributed by atoms with Gasteiger partial charge < -0.3 is 9.32 Å². The van der Waals surface area contributed by atoms with E-state index < -0.39 is 0 Å². The number of benzene rings is 8. The van der Waals surface area contributed by atoms with E-state index in [4.69, 9.17) is 16.0 Å². The number of halogens is 1. The molecule has 0 amide bonds. The van der Waals surface area contributed by atoms with Crippen molar-refractivity contribution >= 4 is 104 Å². The van der Waals surface area contributed by atoms with Crippen molar-refractivity contribution in [1.82, 2.24) is 0 Å². The first-order valence-electron chi connectivity index (χ1n) is 16.0. The maximum atomic E-state index is 6.64. The molecule has 0 aliphatic heterocycles. The fourth-order valence-electron chi connectivity index (χ4n) is 7.40. The number of hydrogen-bond acceptors (Lipinski definition) is 3. The Kier molecular flexibility index (Phi) is 6.14. The highest BCUT2D eigenvalue weighted by atomic mass is 35.5. The van der Waals surface area contributed by atoms with Gasteiger partial charge in [-0.2, -0.15) is 0 Å². The Labute approximate surface area is 285 Å². The van der Waals surface area contributed by atoms with Crippen LogP contribution < -0.4 is 4.90 Å². The lowest BCUT2D eigenvalue weighted by Gasteiger charge is -2.28. The number of furan rings is 1. The number of fused-ring (bicyclic) bond motifs is 11. The van der Waals surface area contributed by atoms with Gasteiger partial charge in [-0.15, -0.1) is 11.3 Å². The minimum absolute atomic E-state index is 0.753. The summed E-state index contributed by atoms with van der Waals surface area (Å²) in [5.41, 5.74) is 7.22. The molecule has 10 rings (SSSR count). The first-order valence-corrected chi connectivity index (χ1v) is 17.2. The van der Waals surface area contributed by atoms with Gasteiger partial charge in [0.05, 0.1) is 11.4 Å². The highest BCUT2D eigenvalue weighted by molar-refractivity contribution is 7.27. The van der Waals surface area contributed by atoms with Gasteiger partial charge >= 0.3 is 0 Å². The van der Waals surface area contributed by atoms with E-state index in [1.807, 2.05) is 29.5 Å². The highest BCUT2D eigenvalue weighted by Gasteiger charge is 2.23. The van der Waals surface area contributed by atoms with E-state index in [1.54, 1.807) is 0 Å². The molecule has 48 heavy (non-hydrogen) atoms. The van der Waals surface area contributed by atoms with E-state index in [1.165, 1.54) is 41.7 Å². The van der Waals surface area contributed by atoms with E-state index in [9.17, 15) is 0 Å². The van der Waals surface area contributed by atoms with Crippen molar-refractivity contribution in [2.45, 2.75) is 0 Å². The van der Waals surface area contributed by atoms with Crippen LogP contribution in [0.5, 0.6) is 0 Å². The van der Waals surface area contributed by atoms with Crippen molar-refractivity contribution in [3.63, 3.8) is 0 Å². The van der Waals surface area contributed by atoms with Gasteiger partial charge in [-0.25, -0.2) is 0 Å². The van der Waals surface area contributed by atoms with Gasteiger partial charge in [0.1, 0.15) is 5.58 Å². The Morgan fingerprint density at radius 1 is 0.500 bits per heavy atom. The summed E-state index contributed by atoms with van der Waals surface area (Å²) in [6, 6.07) is 55.9. The van der Waals surface area contributed by atoms with Crippen molar-refractivity contribution in [2.75, 3.05) is 4.90 Å². The fourth-order valence-corrected chi connectivity index (χ4v) is 8.86. The maximum Gasteiger partial charge on any atom is 0.159 e. The lowest BCUT2D eigenvalue weighted by molar-refractivity contribution is 0.669. The Hall–Kier alpha value is -5.61. The first kappa shape index (κ1) is 27.5. The Morgan fingerprint density at radius 3 is 2.10 bits per heavy atom. The van der Waals surface area contributed by atoms with E-state index in [-0.39, 0.29) is 0 Å². The minimum Gasteiger partial charge on any atom is -0.454 e. The molecular weight excluding hydrogens is 626 g/mol. The monoisotopic (exact) mass is 651 g/mol. The van der Waals surface area contributed by atoms with Gasteiger partial charge in [-0.05, 0) is 64.2 Å². The lowest BCUT2D eigenvalue weighted by atomic mass is 9.97. The van der Waals surface area contributed by atoms with Crippen LogP contribution in [0.25, 0.3) is 74.8 Å². The molecule has 0 saturated carbocycles. The molecule has 0 fully saturated rings. The van der Waals surface area contributed by atoms with E-state index in [0.717, 1.165) is 55.2 Å². The molecule has 10 aromatic rings. The molecule has 0 unspecified atom stereocenters. The van der Waals surface area contributed by atoms with Crippen LogP contribution in [0.2, 0.25) is 5.02 Å². The van der Waals surface area contributed by atoms with Crippen molar-refractivity contribution in [1.29, 1.82) is 0 Å². The second-order valence-corrected chi connectivity index (χ2v) is 13.7. The maximum absolute atomic E-state index is 6.64. The number of hydrogen-bond donors (Lipinski definition) is 0. The zero-order chi connectivity index (χ0) is 31.8. The number of anilines is 3. The van der Waals surface area contributed by atoms with Crippen LogP contribution in [-0.2, 0) is 0 Å². The first-order chi connectivity index (χ1) is 23.7. The average Bonchev–Trinajstić information content (AvgIpc) is 3.72. The summed E-state index contributed by atoms with van der Waals surface area (Å²) in [6.07, 6.45) is 0. The molecule has 0 radical (unpaired) electrons. The summed E-state index contributed by atoms with van der Waals surface area (Å²) in [7, 11) is 0. The third-order valence-corrected chi connectivity index (χ3v) is 10.9. The summed E-state index contributed by atoms with van der Waals surface area (Å²) in [6.45, 7) is 0. The lowest BCUT2D eigenvalue weighted by Crippen LogP contribution is -2.11. The summed E-state index contributed by atoms with van der Waals surface area (Å²) in [4.78, 5) is 2.37. The van der Waals surface area contributed by atoms with Gasteiger partial charge in [0.15, 0.2) is 5.58 Å². The van der Waals surface area contributed by atoms with Crippen LogP contribution in [0.3, 0.4) is 0 Å². The van der Waals surface area contributed by atoms with E-state index in [0.29, 0.717) is 0 Å². The minimum atomic E-state index is 0.753. The number of para-hydroxylation sites is 3. The number of rotatable bonds is 4. The quantitative estimate of drug-likeness (QED) is 0.176. The average molecular weight is 652 g/mol. The van der Waals surface area contributed by atoms with Crippen LogP contribution in [-0.4, -0.2) is 0 Å². The Balaban J connectivity index is 1.28. The Morgan fingerprint density at radius 2 is 1.21 bits per heavy atom. The molecule has 2 heterocycles. The topological polar surface area (TPSA) is 16.4 Å². The van der Waals surface area contributed by atoms with Crippen LogP contribution in [0, 0.1) is 0 Å². The van der Waals surface area contributed by atoms with Crippen molar-refractivity contribution in [3.05, 3.63) is 163 Å². The van der Waals surface area contributed by atoms with Gasteiger partial charge in [0.25, 0.3) is 0 Å². The standard InChI is InChI=1S/C44H26ClNOS/c45-28-21-23-35-37(25-28)31-14-4-5-16-33(31)42-36-24-22-29(26-41(36)48-44(35)42)46(38-18-8-6-13-30(38)27-11-2-1-3-12-27)39-19-10-17-34-32-15-7-9-20-40(32)47-43(34)39/h1-26H. The summed E-state index contributed by atoms with van der Waals surface area (Å²) in [5, 5.41) is 10.4. The zero-order valence-electron chi connectivity index (χ0n) is 25.7. The predicted molar refractivity (Wildman–Crippen MR) is 207 cm³/mol. The van der Waals surface area contributed by atoms with Gasteiger partial charge in [-0.3, -0.25) is 0 Å². The second-order valence-electron chi connectivity index (χ2n) is 12.2. The Bertz CT molecular complexity index is 2870. The second kappa shape index (κ2) is 10.7. The van der Waals surface area contributed by atoms with Crippen molar-refractivity contribution < 1.29 is 4.42 Å². The zero-order valence-corrected chi connectivity index (χ0v) is 27.2. The summed E-state index contributed by atoms with van der Waals surface area (Å²) in [5.74, 6) is 0. The summed E-state index contributed by atoms with van der Waals surface area (Å²) < 4.78 is 9.16. The summed E-state index contributed by atoms with van der Waals surface area (Å²) >= 11 is 8.38. The van der Waals surface area contributed by atoms with E-state index in [2.05, 4.69) is 144 Å². The molecule has 0 N–H and O–H groups in total. The van der Waals surface area contributed by atoms with Crippen LogP contribution >= 0.6 is 22.9 Å². The van der Waals surface area contributed by atoms with Gasteiger partial charge in [-0.1, -0.05) is 127 Å². The van der Waals surface area contributed by atoms with Crippen LogP contribution in [0.15, 0.2) is 162 Å². The smallest absolute Gasteiger partial charge is 0.159 e. The molecular formula is C44H26ClNOS. The molecule has 0 aliphatic carbocycles. The number of nitrogens with zero attached hydrogens (tertiary/aromatic N) is 1. The molecule has 0 aliphatic rings. The van der Waals surface area contributed by atoms with Crippen LogP contribution in [0.4, 0.5) is 17.1 Å². The molecule has 0 saturated heterocycles. The normalized spacial score (nSPS) is 11.9. The third-order valence-electron chi connectivity index (χ3n) is 9.50. The number of thiophene rings is 1. The van der Waals surface area contributed by atoms with Gasteiger partial charge in [0.2, 0.25) is 0 Å². The molecule has 0 bridgehead atoms. The fraction of sp³-hybridized carbons (Fsp3) is 0. The largest absolute Gasteiger partial charge is 0.454 e. The molecule has 0 spiro atoms. The molecule has 8 aromatic carbocycles. The van der Waals surface area contributed by atoms with Crippen molar-refractivity contribution in [2.24, 2.45) is 0 Å². The van der Waals surface area contributed by atoms with Crippen molar-refractivity contribution in [3.8, 4) is 11.1 Å². The molecule has 2 aromatic heterocycles. The molecule has 226 valence electrons. The highest BCUT2D eigenvalue weighted by Crippen LogP contribution is 2.49. The third kappa shape index (κ3) is 4.12. The molecule has 4 heteroatoms. The van der Waals surface area contributed by atoms with Crippen LogP contribution in [0.1, 0.15) is 0 Å². The predicted octanol–water partition coefficient (Wildman–Crippen LogP) is 14.1. The van der Waals surface area contributed by atoms with Gasteiger partial charge in [0, 0.05) is 52.6 Å². The molecule has 0 atom stereocenters.